The average molecular weight is 254 g/mol. The molecule has 0 unspecified atom stereocenters. The molecule has 7 nitrogen and oxygen atoms in total. The Morgan fingerprint density at radius 2 is 2.22 bits per heavy atom. The number of anilines is 1. The van der Waals surface area contributed by atoms with Crippen LogP contribution in [0.15, 0.2) is 6.20 Å². The normalized spacial score (nSPS) is 11.9. The first kappa shape index (κ1) is 14.0. The van der Waals surface area contributed by atoms with Crippen molar-refractivity contribution in [3.05, 3.63) is 11.9 Å². The van der Waals surface area contributed by atoms with Crippen LogP contribution in [0.25, 0.3) is 0 Å². The summed E-state index contributed by atoms with van der Waals surface area (Å²) < 4.78 is 1.58. The summed E-state index contributed by atoms with van der Waals surface area (Å²) in [6.45, 7) is 3.62. The third-order valence-corrected chi connectivity index (χ3v) is 2.44. The Labute approximate surface area is 105 Å². The summed E-state index contributed by atoms with van der Waals surface area (Å²) >= 11 is 0. The molecule has 0 saturated heterocycles. The van der Waals surface area contributed by atoms with Gasteiger partial charge in [-0.2, -0.15) is 5.10 Å². The summed E-state index contributed by atoms with van der Waals surface area (Å²) in [5.74, 6) is -1.03. The largest absolute Gasteiger partial charge is 0.480 e. The first-order valence-corrected chi connectivity index (χ1v) is 5.74. The Bertz CT molecular complexity index is 441. The number of hydrogen-bond donors (Lipinski definition) is 3. The molecule has 1 atom stereocenters. The number of carboxylic acid groups (broad SMARTS) is 1. The molecule has 0 aliphatic heterocycles. The first-order valence-electron chi connectivity index (χ1n) is 5.74. The zero-order valence-electron chi connectivity index (χ0n) is 10.7. The van der Waals surface area contributed by atoms with E-state index in [0.29, 0.717) is 24.2 Å². The van der Waals surface area contributed by atoms with E-state index in [-0.39, 0.29) is 0 Å². The van der Waals surface area contributed by atoms with E-state index < -0.39 is 18.0 Å². The first-order chi connectivity index (χ1) is 8.43. The zero-order valence-corrected chi connectivity index (χ0v) is 10.7. The van der Waals surface area contributed by atoms with Crippen molar-refractivity contribution in [1.82, 2.24) is 15.1 Å². The van der Waals surface area contributed by atoms with E-state index in [4.69, 9.17) is 5.11 Å². The van der Waals surface area contributed by atoms with Gasteiger partial charge in [0, 0.05) is 13.2 Å². The smallest absolute Gasteiger partial charge is 0.326 e. The number of carboxylic acids is 1. The highest BCUT2D eigenvalue weighted by Crippen LogP contribution is 2.11. The molecule has 100 valence electrons. The number of nitrogens with zero attached hydrogens (tertiary/aromatic N) is 2. The fraction of sp³-hybridized carbons (Fsp3) is 0.545. The van der Waals surface area contributed by atoms with E-state index in [1.54, 1.807) is 24.9 Å². The maximum absolute atomic E-state index is 11.6. The molecule has 0 aliphatic rings. The Kier molecular flexibility index (Phi) is 4.70. The van der Waals surface area contributed by atoms with Crippen molar-refractivity contribution in [3.8, 4) is 0 Å². The summed E-state index contributed by atoms with van der Waals surface area (Å²) in [7, 11) is 1.74. The van der Waals surface area contributed by atoms with Crippen LogP contribution in [0.1, 0.15) is 25.5 Å². The lowest BCUT2D eigenvalue weighted by Gasteiger charge is -2.13. The number of amides is 2. The van der Waals surface area contributed by atoms with Crippen molar-refractivity contribution >= 4 is 17.7 Å². The van der Waals surface area contributed by atoms with Gasteiger partial charge < -0.3 is 15.7 Å². The van der Waals surface area contributed by atoms with E-state index in [0.717, 1.165) is 0 Å². The lowest BCUT2D eigenvalue weighted by molar-refractivity contribution is -0.139. The molecule has 0 radical (unpaired) electrons. The quantitative estimate of drug-likeness (QED) is 0.733. The molecule has 7 heteroatoms. The van der Waals surface area contributed by atoms with Crippen molar-refractivity contribution in [3.63, 3.8) is 0 Å². The summed E-state index contributed by atoms with van der Waals surface area (Å²) in [5, 5.41) is 18.0. The van der Waals surface area contributed by atoms with Crippen LogP contribution >= 0.6 is 0 Å². The number of aliphatic carboxylic acids is 1. The Balaban J connectivity index is 2.60. The molecule has 2 amide bonds. The third-order valence-electron chi connectivity index (χ3n) is 2.44. The van der Waals surface area contributed by atoms with Gasteiger partial charge in [0.25, 0.3) is 0 Å². The van der Waals surface area contributed by atoms with Crippen molar-refractivity contribution in [2.45, 2.75) is 32.7 Å². The second-order valence-corrected chi connectivity index (χ2v) is 4.08. The van der Waals surface area contributed by atoms with Gasteiger partial charge in [-0.25, -0.2) is 9.59 Å². The molecule has 0 aromatic carbocycles. The lowest BCUT2D eigenvalue weighted by Crippen LogP contribution is -2.42. The van der Waals surface area contributed by atoms with E-state index in [1.165, 1.54) is 0 Å². The fourth-order valence-electron chi connectivity index (χ4n) is 1.59. The Hall–Kier alpha value is -2.05. The Morgan fingerprint density at radius 3 is 2.67 bits per heavy atom. The number of urea groups is 1. The van der Waals surface area contributed by atoms with Crippen LogP contribution in [0.4, 0.5) is 10.5 Å². The van der Waals surface area contributed by atoms with Gasteiger partial charge in [0.05, 0.1) is 11.4 Å². The highest BCUT2D eigenvalue weighted by molar-refractivity contribution is 5.92. The summed E-state index contributed by atoms with van der Waals surface area (Å²) in [6.07, 6.45) is 2.74. The standard InChI is InChI=1S/C11H18N4O3/c1-4-5-8(10(16)17)12-11(18)13-9-6-15(3)14-7(9)2/h6,8H,4-5H2,1-3H3,(H,16,17)(H2,12,13,18)/t8-/m1/s1. The minimum Gasteiger partial charge on any atom is -0.480 e. The number of aromatic nitrogens is 2. The van der Waals surface area contributed by atoms with E-state index in [9.17, 15) is 9.59 Å². The van der Waals surface area contributed by atoms with Crippen LogP contribution < -0.4 is 10.6 Å². The van der Waals surface area contributed by atoms with Gasteiger partial charge in [-0.1, -0.05) is 13.3 Å². The molecule has 1 rings (SSSR count). The minimum absolute atomic E-state index is 0.398. The van der Waals surface area contributed by atoms with Gasteiger partial charge in [-0.15, -0.1) is 0 Å². The maximum Gasteiger partial charge on any atom is 0.326 e. The van der Waals surface area contributed by atoms with Crippen molar-refractivity contribution < 1.29 is 14.7 Å². The van der Waals surface area contributed by atoms with Gasteiger partial charge >= 0.3 is 12.0 Å². The molecule has 1 heterocycles. The molecule has 0 bridgehead atoms. The second-order valence-electron chi connectivity index (χ2n) is 4.08. The predicted molar refractivity (Wildman–Crippen MR) is 66.4 cm³/mol. The van der Waals surface area contributed by atoms with Crippen LogP contribution in [0, 0.1) is 6.92 Å². The molecule has 0 spiro atoms. The highest BCUT2D eigenvalue weighted by atomic mass is 16.4. The maximum atomic E-state index is 11.6. The van der Waals surface area contributed by atoms with E-state index >= 15 is 0 Å². The van der Waals surface area contributed by atoms with Crippen LogP contribution in [0.2, 0.25) is 0 Å². The van der Waals surface area contributed by atoms with Crippen LogP contribution in [-0.2, 0) is 11.8 Å². The SMILES string of the molecule is CCC[C@@H](NC(=O)Nc1cn(C)nc1C)C(=O)O. The molecule has 3 N–H and O–H groups in total. The predicted octanol–water partition coefficient (Wildman–Crippen LogP) is 1.10. The molecule has 0 fully saturated rings. The average Bonchev–Trinajstić information content (AvgIpc) is 2.56. The monoisotopic (exact) mass is 254 g/mol. The fourth-order valence-corrected chi connectivity index (χ4v) is 1.59. The van der Waals surface area contributed by atoms with Crippen molar-refractivity contribution in [2.24, 2.45) is 7.05 Å². The molecule has 18 heavy (non-hydrogen) atoms. The molecule has 1 aromatic rings. The van der Waals surface area contributed by atoms with Crippen LogP contribution in [0.3, 0.4) is 0 Å². The number of rotatable bonds is 5. The summed E-state index contributed by atoms with van der Waals surface area (Å²) in [6, 6.07) is -1.40. The van der Waals surface area contributed by atoms with E-state index in [2.05, 4.69) is 15.7 Å². The third kappa shape index (κ3) is 3.76. The Morgan fingerprint density at radius 1 is 1.56 bits per heavy atom. The molecule has 0 saturated carbocycles. The van der Waals surface area contributed by atoms with Gasteiger partial charge in [-0.3, -0.25) is 4.68 Å². The molecular formula is C11H18N4O3. The number of carbonyl (C=O) groups is 2. The van der Waals surface area contributed by atoms with Crippen LogP contribution in [0.5, 0.6) is 0 Å². The van der Waals surface area contributed by atoms with E-state index in [1.807, 2.05) is 6.92 Å². The van der Waals surface area contributed by atoms with Crippen molar-refractivity contribution in [2.75, 3.05) is 5.32 Å². The van der Waals surface area contributed by atoms with Gasteiger partial charge in [0.2, 0.25) is 0 Å². The van der Waals surface area contributed by atoms with Crippen molar-refractivity contribution in [1.29, 1.82) is 0 Å². The number of hydrogen-bond acceptors (Lipinski definition) is 3. The molecular weight excluding hydrogens is 236 g/mol. The second kappa shape index (κ2) is 6.04. The minimum atomic E-state index is -1.03. The summed E-state index contributed by atoms with van der Waals surface area (Å²) in [4.78, 5) is 22.5. The number of aryl methyl sites for hydroxylation is 2. The molecule has 1 aromatic heterocycles. The topological polar surface area (TPSA) is 96.3 Å². The number of nitrogens with one attached hydrogen (secondary N) is 2. The summed E-state index contributed by atoms with van der Waals surface area (Å²) in [5.41, 5.74) is 1.24. The molecule has 0 aliphatic carbocycles. The lowest BCUT2D eigenvalue weighted by atomic mass is 10.2. The zero-order chi connectivity index (χ0) is 13.7. The highest BCUT2D eigenvalue weighted by Gasteiger charge is 2.19. The van der Waals surface area contributed by atoms with Crippen LogP contribution in [-0.4, -0.2) is 32.9 Å². The van der Waals surface area contributed by atoms with Gasteiger partial charge in [0.1, 0.15) is 6.04 Å². The van der Waals surface area contributed by atoms with Gasteiger partial charge in [-0.05, 0) is 13.3 Å². The van der Waals surface area contributed by atoms with Gasteiger partial charge in [0.15, 0.2) is 0 Å². The number of carbonyl (C=O) groups excluding carboxylic acids is 1.